The molecule has 0 aliphatic heterocycles. The number of unbranched alkanes of at least 4 members (excludes halogenated alkanes) is 26. The number of amides is 1. The smallest absolute Gasteiger partial charge is 0.267 e. The van der Waals surface area contributed by atoms with E-state index in [1.54, 1.807) is 6.08 Å². The molecule has 3 unspecified atom stereocenters. The lowest BCUT2D eigenvalue weighted by molar-refractivity contribution is -0.130. The molecule has 0 aliphatic rings. The first kappa shape index (κ1) is 50.5. The number of allylic oxidation sites excluding steroid dienone is 5. The Labute approximate surface area is 321 Å². The maximum Gasteiger partial charge on any atom is 0.267 e. The zero-order valence-electron chi connectivity index (χ0n) is 33.8. The first-order chi connectivity index (χ1) is 25.2. The average molecular weight is 754 g/mol. The highest BCUT2D eigenvalue weighted by atomic mass is 32.2. The van der Waals surface area contributed by atoms with E-state index in [4.69, 9.17) is 0 Å². The normalized spacial score (nSPS) is 14.2. The molecule has 8 heteroatoms. The molecule has 7 nitrogen and oxygen atoms in total. The standard InChI is InChI=1S/C44H83NO6S/c1-3-5-7-9-11-13-15-17-19-20-21-22-23-24-25-27-29-31-33-35-37-39-43(47)44(48)45-41(40-52(49,50)51)42(46)38-36-34-32-30-28-26-18-16-14-12-10-8-6-4-2/h23-24,28,30,36,38,41-43,46-47H,3-22,25-27,29,31-35,37,39-40H2,1-2H3,(H,45,48)(H,49,50,51)/b24-23-,30-28+,38-36+. The van der Waals surface area contributed by atoms with Crippen LogP contribution in [0.4, 0.5) is 0 Å². The first-order valence-electron chi connectivity index (χ1n) is 21.8. The van der Waals surface area contributed by atoms with Gasteiger partial charge >= 0.3 is 0 Å². The molecule has 0 aromatic rings. The Morgan fingerprint density at radius 2 is 0.865 bits per heavy atom. The van der Waals surface area contributed by atoms with Crippen molar-refractivity contribution in [3.05, 3.63) is 36.5 Å². The highest BCUT2D eigenvalue weighted by Crippen LogP contribution is 2.14. The van der Waals surface area contributed by atoms with Crippen LogP contribution in [0.15, 0.2) is 36.5 Å². The number of carbonyl (C=O) groups excluding carboxylic acids is 1. The maximum atomic E-state index is 12.6. The SMILES string of the molecule is CCCCCCCCCC/C=C/CC/C=C/C(O)C(CS(=O)(=O)O)NC(=O)C(O)CCCCCCCC/C=C\CCCCCCCCCCCCC. The average Bonchev–Trinajstić information content (AvgIpc) is 3.11. The van der Waals surface area contributed by atoms with Crippen LogP contribution in [0.3, 0.4) is 0 Å². The van der Waals surface area contributed by atoms with Crippen LogP contribution in [-0.2, 0) is 14.9 Å². The van der Waals surface area contributed by atoms with Crippen LogP contribution >= 0.6 is 0 Å². The molecule has 3 atom stereocenters. The van der Waals surface area contributed by atoms with E-state index in [1.807, 2.05) is 0 Å². The third-order valence-electron chi connectivity index (χ3n) is 9.90. The molecule has 0 fully saturated rings. The molecule has 0 spiro atoms. The predicted molar refractivity (Wildman–Crippen MR) is 222 cm³/mol. The van der Waals surface area contributed by atoms with E-state index in [1.165, 1.54) is 147 Å². The van der Waals surface area contributed by atoms with Crippen LogP contribution in [0, 0.1) is 0 Å². The Bertz CT molecular complexity index is 979. The Kier molecular flexibility index (Phi) is 36.7. The summed E-state index contributed by atoms with van der Waals surface area (Å²) in [5.74, 6) is -1.56. The largest absolute Gasteiger partial charge is 0.387 e. The molecule has 0 aromatic heterocycles. The second-order valence-corrected chi connectivity index (χ2v) is 16.6. The highest BCUT2D eigenvalue weighted by Gasteiger charge is 2.27. The Morgan fingerprint density at radius 3 is 1.27 bits per heavy atom. The van der Waals surface area contributed by atoms with Crippen molar-refractivity contribution in [1.82, 2.24) is 5.32 Å². The van der Waals surface area contributed by atoms with Gasteiger partial charge in [-0.05, 0) is 57.8 Å². The number of aliphatic hydroxyl groups is 2. The van der Waals surface area contributed by atoms with Gasteiger partial charge in [0.1, 0.15) is 6.10 Å². The Morgan fingerprint density at radius 1 is 0.519 bits per heavy atom. The minimum Gasteiger partial charge on any atom is -0.387 e. The second-order valence-electron chi connectivity index (χ2n) is 15.1. The monoisotopic (exact) mass is 754 g/mol. The molecule has 1 amide bonds. The van der Waals surface area contributed by atoms with Crippen molar-refractivity contribution in [2.24, 2.45) is 0 Å². The van der Waals surface area contributed by atoms with Gasteiger partial charge in [0, 0.05) is 0 Å². The quantitative estimate of drug-likeness (QED) is 0.0281. The summed E-state index contributed by atoms with van der Waals surface area (Å²) in [6.45, 7) is 4.51. The molecule has 4 N–H and O–H groups in total. The van der Waals surface area contributed by atoms with E-state index in [0.717, 1.165) is 38.5 Å². The maximum absolute atomic E-state index is 12.6. The van der Waals surface area contributed by atoms with E-state index < -0.39 is 40.0 Å². The fourth-order valence-corrected chi connectivity index (χ4v) is 7.26. The first-order valence-corrected chi connectivity index (χ1v) is 23.4. The molecular formula is C44H83NO6S. The summed E-state index contributed by atoms with van der Waals surface area (Å²) < 4.78 is 32.5. The zero-order valence-corrected chi connectivity index (χ0v) is 34.6. The van der Waals surface area contributed by atoms with E-state index in [2.05, 4.69) is 43.5 Å². The van der Waals surface area contributed by atoms with Crippen LogP contribution in [0.1, 0.15) is 213 Å². The number of rotatable bonds is 39. The van der Waals surface area contributed by atoms with Crippen molar-refractivity contribution >= 4 is 16.0 Å². The lowest BCUT2D eigenvalue weighted by Crippen LogP contribution is -2.50. The molecule has 0 aliphatic carbocycles. The van der Waals surface area contributed by atoms with Gasteiger partial charge in [-0.1, -0.05) is 192 Å². The third-order valence-corrected chi connectivity index (χ3v) is 10.7. The molecular weight excluding hydrogens is 671 g/mol. The number of carbonyl (C=O) groups is 1. The lowest BCUT2D eigenvalue weighted by atomic mass is 10.0. The van der Waals surface area contributed by atoms with Crippen molar-refractivity contribution in [2.45, 2.75) is 231 Å². The van der Waals surface area contributed by atoms with Crippen molar-refractivity contribution < 1.29 is 28.0 Å². The molecule has 0 saturated carbocycles. The number of aliphatic hydroxyl groups excluding tert-OH is 2. The number of hydrogen-bond acceptors (Lipinski definition) is 5. The molecule has 0 radical (unpaired) electrons. The van der Waals surface area contributed by atoms with Crippen LogP contribution in [-0.4, -0.2) is 53.1 Å². The van der Waals surface area contributed by atoms with Crippen LogP contribution in [0.2, 0.25) is 0 Å². The predicted octanol–water partition coefficient (Wildman–Crippen LogP) is 11.9. The lowest BCUT2D eigenvalue weighted by Gasteiger charge is -2.22. The summed E-state index contributed by atoms with van der Waals surface area (Å²) in [6, 6.07) is -1.25. The molecule has 0 rings (SSSR count). The molecule has 306 valence electrons. The van der Waals surface area contributed by atoms with E-state index in [-0.39, 0.29) is 6.42 Å². The van der Waals surface area contributed by atoms with Crippen molar-refractivity contribution in [3.63, 3.8) is 0 Å². The van der Waals surface area contributed by atoms with Crippen molar-refractivity contribution in [1.29, 1.82) is 0 Å². The fourth-order valence-electron chi connectivity index (χ4n) is 6.53. The highest BCUT2D eigenvalue weighted by molar-refractivity contribution is 7.85. The van der Waals surface area contributed by atoms with E-state index in [0.29, 0.717) is 12.8 Å². The summed E-state index contributed by atoms with van der Waals surface area (Å²) >= 11 is 0. The molecule has 0 bridgehead atoms. The number of hydrogen-bond donors (Lipinski definition) is 4. The molecule has 0 aromatic carbocycles. The van der Waals surface area contributed by atoms with E-state index in [9.17, 15) is 28.0 Å². The van der Waals surface area contributed by atoms with E-state index >= 15 is 0 Å². The summed E-state index contributed by atoms with van der Waals surface area (Å²) in [5, 5.41) is 23.4. The third kappa shape index (κ3) is 36.9. The summed E-state index contributed by atoms with van der Waals surface area (Å²) in [5.41, 5.74) is 0. The van der Waals surface area contributed by atoms with Gasteiger partial charge in [-0.25, -0.2) is 0 Å². The van der Waals surface area contributed by atoms with Crippen molar-refractivity contribution in [2.75, 3.05) is 5.75 Å². The molecule has 52 heavy (non-hydrogen) atoms. The fraction of sp³-hybridized carbons (Fsp3) is 0.841. The van der Waals surface area contributed by atoms with Crippen LogP contribution in [0.25, 0.3) is 0 Å². The molecule has 0 saturated heterocycles. The summed E-state index contributed by atoms with van der Waals surface area (Å²) in [4.78, 5) is 12.6. The van der Waals surface area contributed by atoms with Gasteiger partial charge in [0.25, 0.3) is 10.1 Å². The number of nitrogens with one attached hydrogen (secondary N) is 1. The van der Waals surface area contributed by atoms with Gasteiger partial charge < -0.3 is 15.5 Å². The minimum atomic E-state index is -4.45. The zero-order chi connectivity index (χ0) is 38.4. The van der Waals surface area contributed by atoms with Gasteiger partial charge in [0.05, 0.1) is 17.9 Å². The van der Waals surface area contributed by atoms with Gasteiger partial charge in [-0.2, -0.15) is 8.42 Å². The summed E-state index contributed by atoms with van der Waals surface area (Å²) in [7, 11) is -4.45. The van der Waals surface area contributed by atoms with Crippen molar-refractivity contribution in [3.8, 4) is 0 Å². The van der Waals surface area contributed by atoms with Crippen LogP contribution < -0.4 is 5.32 Å². The van der Waals surface area contributed by atoms with Crippen LogP contribution in [0.5, 0.6) is 0 Å². The molecule has 0 heterocycles. The Hall–Kier alpha value is -1.48. The minimum absolute atomic E-state index is 0.267. The Balaban J connectivity index is 4.01. The van der Waals surface area contributed by atoms with Gasteiger partial charge in [0.2, 0.25) is 5.91 Å². The van der Waals surface area contributed by atoms with Gasteiger partial charge in [0.15, 0.2) is 0 Å². The van der Waals surface area contributed by atoms with Gasteiger partial charge in [-0.15, -0.1) is 0 Å². The van der Waals surface area contributed by atoms with Gasteiger partial charge in [-0.3, -0.25) is 9.35 Å². The summed E-state index contributed by atoms with van der Waals surface area (Å²) in [6.07, 6.45) is 46.3. The topological polar surface area (TPSA) is 124 Å². The second kappa shape index (κ2) is 37.8.